The van der Waals surface area contributed by atoms with Crippen LogP contribution in [0.15, 0.2) is 48.8 Å². The highest BCUT2D eigenvalue weighted by Crippen LogP contribution is 2.28. The number of hydrogen-bond acceptors (Lipinski definition) is 5. The van der Waals surface area contributed by atoms with E-state index in [0.29, 0.717) is 21.8 Å². The lowest BCUT2D eigenvalue weighted by atomic mass is 10.1. The molecule has 0 fully saturated rings. The fourth-order valence-electron chi connectivity index (χ4n) is 2.62. The molecule has 0 aliphatic rings. The minimum atomic E-state index is -0.594. The molecule has 0 aliphatic heterocycles. The van der Waals surface area contributed by atoms with E-state index in [9.17, 15) is 9.18 Å². The molecule has 0 atom stereocenters. The molecule has 0 saturated heterocycles. The number of carbonyl (C=O) groups excluding carboxylic acids is 1. The number of aromatic nitrogens is 2. The highest BCUT2D eigenvalue weighted by atomic mass is 35.5. The molecular formula is C20H17ClFN3O3. The topological polar surface area (TPSA) is 73.3 Å². The quantitative estimate of drug-likeness (QED) is 0.483. The van der Waals surface area contributed by atoms with E-state index in [0.717, 1.165) is 5.56 Å². The maximum atomic E-state index is 13.9. The van der Waals surface area contributed by atoms with Crippen LogP contribution in [0.5, 0.6) is 0 Å². The Kier molecular flexibility index (Phi) is 6.30. The first-order valence-corrected chi connectivity index (χ1v) is 8.70. The standard InChI is InChI=1S/C20H17ClFN3O3/c1-12-4-3-5-16(22)19(12)20(26)25-18-10-23-17(9-24-18)14-8-13(11-28-27-2)6-7-15(14)21/h3-10H,11H2,1-2H3,(H,24,25,26). The first kappa shape index (κ1) is 19.9. The Labute approximate surface area is 166 Å². The number of hydrogen-bond donors (Lipinski definition) is 1. The van der Waals surface area contributed by atoms with Crippen molar-refractivity contribution in [2.45, 2.75) is 13.5 Å². The highest BCUT2D eigenvalue weighted by Gasteiger charge is 2.15. The van der Waals surface area contributed by atoms with Crippen molar-refractivity contribution in [3.05, 3.63) is 76.3 Å². The second kappa shape index (κ2) is 8.88. The van der Waals surface area contributed by atoms with Gasteiger partial charge in [0.2, 0.25) is 0 Å². The molecule has 1 heterocycles. The lowest BCUT2D eigenvalue weighted by molar-refractivity contribution is -0.282. The van der Waals surface area contributed by atoms with Gasteiger partial charge in [-0.1, -0.05) is 29.8 Å². The van der Waals surface area contributed by atoms with Crippen LogP contribution in [0, 0.1) is 12.7 Å². The Morgan fingerprint density at radius 1 is 1.21 bits per heavy atom. The van der Waals surface area contributed by atoms with Crippen LogP contribution in [-0.2, 0) is 16.4 Å². The molecule has 3 aromatic rings. The van der Waals surface area contributed by atoms with E-state index in [1.165, 1.54) is 25.6 Å². The lowest BCUT2D eigenvalue weighted by Gasteiger charge is -2.09. The maximum Gasteiger partial charge on any atom is 0.260 e. The largest absolute Gasteiger partial charge is 0.305 e. The van der Waals surface area contributed by atoms with Crippen LogP contribution in [0.25, 0.3) is 11.3 Å². The van der Waals surface area contributed by atoms with E-state index < -0.39 is 11.7 Å². The Bertz CT molecular complexity index is 976. The Morgan fingerprint density at radius 2 is 2.04 bits per heavy atom. The van der Waals surface area contributed by atoms with Crippen molar-refractivity contribution < 1.29 is 19.0 Å². The maximum absolute atomic E-state index is 13.9. The van der Waals surface area contributed by atoms with Crippen molar-refractivity contribution in [2.24, 2.45) is 0 Å². The molecule has 6 nitrogen and oxygen atoms in total. The summed E-state index contributed by atoms with van der Waals surface area (Å²) in [6.07, 6.45) is 2.87. The van der Waals surface area contributed by atoms with Crippen molar-refractivity contribution in [1.29, 1.82) is 0 Å². The van der Waals surface area contributed by atoms with E-state index >= 15 is 0 Å². The number of anilines is 1. The van der Waals surface area contributed by atoms with Gasteiger partial charge in [0.1, 0.15) is 12.4 Å². The fraction of sp³-hybridized carbons (Fsp3) is 0.150. The third kappa shape index (κ3) is 4.51. The average Bonchev–Trinajstić information content (AvgIpc) is 2.68. The van der Waals surface area contributed by atoms with Crippen LogP contribution >= 0.6 is 11.6 Å². The van der Waals surface area contributed by atoms with Crippen molar-refractivity contribution in [3.63, 3.8) is 0 Å². The molecule has 0 unspecified atom stereocenters. The van der Waals surface area contributed by atoms with Gasteiger partial charge in [0.15, 0.2) is 5.82 Å². The Hall–Kier alpha value is -2.87. The molecule has 28 heavy (non-hydrogen) atoms. The number of rotatable bonds is 6. The Morgan fingerprint density at radius 3 is 2.71 bits per heavy atom. The van der Waals surface area contributed by atoms with E-state index in [2.05, 4.69) is 20.2 Å². The molecule has 1 amide bonds. The SMILES string of the molecule is COOCc1ccc(Cl)c(-c2cnc(NC(=O)c3c(C)cccc3F)cn2)c1. The van der Waals surface area contributed by atoms with Crippen LogP contribution in [0.1, 0.15) is 21.5 Å². The van der Waals surface area contributed by atoms with Gasteiger partial charge in [0.25, 0.3) is 5.91 Å². The lowest BCUT2D eigenvalue weighted by Crippen LogP contribution is -2.16. The van der Waals surface area contributed by atoms with Crippen molar-refractivity contribution in [1.82, 2.24) is 9.97 Å². The van der Waals surface area contributed by atoms with Crippen LogP contribution in [0.3, 0.4) is 0 Å². The minimum absolute atomic E-state index is 0.0257. The van der Waals surface area contributed by atoms with E-state index in [-0.39, 0.29) is 18.0 Å². The van der Waals surface area contributed by atoms with Crippen LogP contribution in [-0.4, -0.2) is 23.0 Å². The number of carbonyl (C=O) groups is 1. The van der Waals surface area contributed by atoms with E-state index in [1.807, 2.05) is 12.1 Å². The van der Waals surface area contributed by atoms with Gasteiger partial charge >= 0.3 is 0 Å². The summed E-state index contributed by atoms with van der Waals surface area (Å²) >= 11 is 6.25. The number of halogens is 2. The summed E-state index contributed by atoms with van der Waals surface area (Å²) in [5.41, 5.74) is 2.53. The highest BCUT2D eigenvalue weighted by molar-refractivity contribution is 6.33. The third-order valence-corrected chi connectivity index (χ3v) is 4.32. The first-order chi connectivity index (χ1) is 13.5. The molecular weight excluding hydrogens is 385 g/mol. The predicted octanol–water partition coefficient (Wildman–Crippen LogP) is 4.57. The number of amides is 1. The smallest absolute Gasteiger partial charge is 0.260 e. The van der Waals surface area contributed by atoms with Gasteiger partial charge in [-0.25, -0.2) is 19.1 Å². The summed E-state index contributed by atoms with van der Waals surface area (Å²) in [5, 5.41) is 3.05. The third-order valence-electron chi connectivity index (χ3n) is 3.99. The van der Waals surface area contributed by atoms with Gasteiger partial charge in [-0.2, -0.15) is 0 Å². The number of aryl methyl sites for hydroxylation is 1. The predicted molar refractivity (Wildman–Crippen MR) is 103 cm³/mol. The second-order valence-electron chi connectivity index (χ2n) is 5.92. The van der Waals surface area contributed by atoms with Gasteiger partial charge in [-0.15, -0.1) is 0 Å². The van der Waals surface area contributed by atoms with Crippen molar-refractivity contribution >= 4 is 23.3 Å². The van der Waals surface area contributed by atoms with Gasteiger partial charge in [0, 0.05) is 5.56 Å². The molecule has 144 valence electrons. The molecule has 3 rings (SSSR count). The minimum Gasteiger partial charge on any atom is -0.305 e. The van der Waals surface area contributed by atoms with Crippen molar-refractivity contribution in [3.8, 4) is 11.3 Å². The number of nitrogens with one attached hydrogen (secondary N) is 1. The summed E-state index contributed by atoms with van der Waals surface area (Å²) in [5.74, 6) is -0.982. The summed E-state index contributed by atoms with van der Waals surface area (Å²) in [6, 6.07) is 9.79. The molecule has 1 N–H and O–H groups in total. The Balaban J connectivity index is 1.80. The van der Waals surface area contributed by atoms with Gasteiger partial charge in [-0.05, 0) is 36.2 Å². The zero-order valence-electron chi connectivity index (χ0n) is 15.2. The van der Waals surface area contributed by atoms with Crippen LogP contribution in [0.2, 0.25) is 5.02 Å². The molecule has 1 aromatic heterocycles. The van der Waals surface area contributed by atoms with Gasteiger partial charge in [-0.3, -0.25) is 9.78 Å². The molecule has 0 bridgehead atoms. The summed E-state index contributed by atoms with van der Waals surface area (Å²) in [7, 11) is 1.43. The zero-order valence-corrected chi connectivity index (χ0v) is 16.0. The van der Waals surface area contributed by atoms with Crippen LogP contribution in [0.4, 0.5) is 10.2 Å². The average molecular weight is 402 g/mol. The van der Waals surface area contributed by atoms with Gasteiger partial charge < -0.3 is 5.32 Å². The summed E-state index contributed by atoms with van der Waals surface area (Å²) < 4.78 is 13.9. The molecule has 2 aromatic carbocycles. The normalized spacial score (nSPS) is 10.7. The van der Waals surface area contributed by atoms with E-state index in [4.69, 9.17) is 16.5 Å². The molecule has 0 spiro atoms. The molecule has 0 radical (unpaired) electrons. The first-order valence-electron chi connectivity index (χ1n) is 8.32. The monoisotopic (exact) mass is 401 g/mol. The summed E-state index contributed by atoms with van der Waals surface area (Å²) in [4.78, 5) is 30.3. The fourth-order valence-corrected chi connectivity index (χ4v) is 2.83. The molecule has 8 heteroatoms. The second-order valence-corrected chi connectivity index (χ2v) is 6.32. The number of nitrogens with zero attached hydrogens (tertiary/aromatic N) is 2. The number of benzene rings is 2. The zero-order chi connectivity index (χ0) is 20.1. The van der Waals surface area contributed by atoms with Crippen LogP contribution < -0.4 is 5.32 Å². The molecule has 0 saturated carbocycles. The van der Waals surface area contributed by atoms with E-state index in [1.54, 1.807) is 25.1 Å². The summed E-state index contributed by atoms with van der Waals surface area (Å²) in [6.45, 7) is 1.92. The van der Waals surface area contributed by atoms with Gasteiger partial charge in [0.05, 0.1) is 35.8 Å². The molecule has 0 aliphatic carbocycles. The van der Waals surface area contributed by atoms with Crippen molar-refractivity contribution in [2.75, 3.05) is 12.4 Å².